The normalized spacial score (nSPS) is 11.8. The summed E-state index contributed by atoms with van der Waals surface area (Å²) >= 11 is 5.84. The average molecular weight is 503 g/mol. The molecule has 7 nitrogen and oxygen atoms in total. The van der Waals surface area contributed by atoms with E-state index in [4.69, 9.17) is 12.2 Å². The number of aromatic nitrogens is 5. The molecule has 3 aromatic heterocycles. The van der Waals surface area contributed by atoms with Crippen LogP contribution >= 0.6 is 12.2 Å². The fraction of sp³-hybridized carbons (Fsp3) is 0.192. The fourth-order valence-corrected chi connectivity index (χ4v) is 4.74. The minimum Gasteiger partial charge on any atom is -0.310 e. The highest BCUT2D eigenvalue weighted by atomic mass is 32.1. The van der Waals surface area contributed by atoms with Crippen LogP contribution in [-0.2, 0) is 12.3 Å². The number of fused-ring (bicyclic) bond motifs is 2. The molecule has 0 spiro atoms. The molecule has 180 valence electrons. The van der Waals surface area contributed by atoms with Gasteiger partial charge < -0.3 is 4.98 Å². The molecular weight excluding hydrogens is 482 g/mol. The number of hydrogen-bond donors (Lipinski definition) is 1. The third-order valence-corrected chi connectivity index (χ3v) is 6.48. The highest BCUT2D eigenvalue weighted by molar-refractivity contribution is 7.71. The van der Waals surface area contributed by atoms with Crippen LogP contribution in [0, 0.1) is 23.0 Å². The number of rotatable bonds is 4. The molecule has 0 atom stereocenters. The van der Waals surface area contributed by atoms with Gasteiger partial charge in [0, 0.05) is 30.8 Å². The Kier molecular flexibility index (Phi) is 5.53. The zero-order chi connectivity index (χ0) is 25.8. The van der Waals surface area contributed by atoms with Gasteiger partial charge in [-0.25, -0.2) is 18.7 Å². The van der Waals surface area contributed by atoms with Crippen LogP contribution in [0.1, 0.15) is 36.4 Å². The molecule has 0 aliphatic rings. The van der Waals surface area contributed by atoms with Crippen LogP contribution in [0.3, 0.4) is 0 Å². The first-order valence-corrected chi connectivity index (χ1v) is 11.6. The third-order valence-electron chi connectivity index (χ3n) is 6.11. The van der Waals surface area contributed by atoms with Crippen molar-refractivity contribution in [2.24, 2.45) is 0 Å². The molecule has 0 radical (unpaired) electrons. The van der Waals surface area contributed by atoms with Gasteiger partial charge in [-0.1, -0.05) is 6.92 Å². The van der Waals surface area contributed by atoms with Crippen LogP contribution in [0.25, 0.3) is 33.4 Å². The number of alkyl halides is 2. The van der Waals surface area contributed by atoms with E-state index >= 15 is 0 Å². The number of nitriles is 1. The van der Waals surface area contributed by atoms with E-state index in [0.717, 1.165) is 12.5 Å². The molecule has 36 heavy (non-hydrogen) atoms. The van der Waals surface area contributed by atoms with E-state index in [1.54, 1.807) is 33.5 Å². The highest BCUT2D eigenvalue weighted by Gasteiger charge is 2.29. The molecule has 5 aromatic rings. The van der Waals surface area contributed by atoms with E-state index in [0.29, 0.717) is 45.7 Å². The Morgan fingerprint density at radius 1 is 1.14 bits per heavy atom. The van der Waals surface area contributed by atoms with Gasteiger partial charge in [0.1, 0.15) is 5.82 Å². The number of aryl methyl sites for hydroxylation is 2. The molecule has 2 aromatic carbocycles. The Bertz CT molecular complexity index is 1840. The molecule has 0 bridgehead atoms. The van der Waals surface area contributed by atoms with Gasteiger partial charge in [-0.3, -0.25) is 13.9 Å². The summed E-state index contributed by atoms with van der Waals surface area (Å²) in [7, 11) is 0. The van der Waals surface area contributed by atoms with Crippen molar-refractivity contribution in [1.29, 1.82) is 5.26 Å². The van der Waals surface area contributed by atoms with Crippen molar-refractivity contribution < 1.29 is 8.78 Å². The summed E-state index contributed by atoms with van der Waals surface area (Å²) in [6.07, 6.45) is 2.22. The largest absolute Gasteiger partial charge is 0.310 e. The Morgan fingerprint density at radius 3 is 2.56 bits per heavy atom. The summed E-state index contributed by atoms with van der Waals surface area (Å²) in [5.41, 5.74) is 2.74. The van der Waals surface area contributed by atoms with Crippen molar-refractivity contribution in [3.8, 4) is 17.4 Å². The first-order chi connectivity index (χ1) is 17.1. The third kappa shape index (κ3) is 3.69. The van der Waals surface area contributed by atoms with E-state index in [9.17, 15) is 18.8 Å². The van der Waals surface area contributed by atoms with Gasteiger partial charge in [0.05, 0.1) is 33.7 Å². The van der Waals surface area contributed by atoms with Crippen molar-refractivity contribution >= 4 is 34.3 Å². The summed E-state index contributed by atoms with van der Waals surface area (Å²) in [5, 5.41) is 9.74. The number of aromatic amines is 1. The Morgan fingerprint density at radius 2 is 1.86 bits per heavy atom. The second kappa shape index (κ2) is 8.46. The molecule has 10 heteroatoms. The minimum atomic E-state index is -3.23. The predicted molar refractivity (Wildman–Crippen MR) is 136 cm³/mol. The number of imidazole rings is 1. The quantitative estimate of drug-likeness (QED) is 0.321. The number of benzene rings is 2. The van der Waals surface area contributed by atoms with Crippen LogP contribution in [0.4, 0.5) is 8.78 Å². The van der Waals surface area contributed by atoms with Gasteiger partial charge in [-0.2, -0.15) is 5.26 Å². The van der Waals surface area contributed by atoms with E-state index in [2.05, 4.69) is 15.0 Å². The summed E-state index contributed by atoms with van der Waals surface area (Å²) in [4.78, 5) is 24.5. The van der Waals surface area contributed by atoms with Crippen LogP contribution in [0.5, 0.6) is 0 Å². The van der Waals surface area contributed by atoms with E-state index in [-0.39, 0.29) is 15.9 Å². The SMILES string of the molecule is CCc1nc2ccc(-n3c(=S)n(-c4ccc(C#N)c(C(C)(F)F)c4)c4nccc(C)c43)cc2c(=O)[nH]1. The number of nitrogens with zero attached hydrogens (tertiary/aromatic N) is 5. The predicted octanol–water partition coefficient (Wildman–Crippen LogP) is 5.64. The van der Waals surface area contributed by atoms with Crippen molar-refractivity contribution in [3.63, 3.8) is 0 Å². The summed E-state index contributed by atoms with van der Waals surface area (Å²) in [6.45, 7) is 4.56. The van der Waals surface area contributed by atoms with Gasteiger partial charge >= 0.3 is 0 Å². The van der Waals surface area contributed by atoms with Gasteiger partial charge in [0.2, 0.25) is 0 Å². The number of halogens is 2. The van der Waals surface area contributed by atoms with E-state index in [1.807, 2.05) is 32.0 Å². The Hall–Kier alpha value is -4.23. The lowest BCUT2D eigenvalue weighted by molar-refractivity contribution is 0.0172. The van der Waals surface area contributed by atoms with Crippen LogP contribution in [-0.4, -0.2) is 24.1 Å². The summed E-state index contributed by atoms with van der Waals surface area (Å²) in [6, 6.07) is 13.1. The standard InChI is InChI=1S/C26H20F2N6OS/c1-4-21-31-20-8-7-16(11-18(20)24(35)32-21)33-22-14(2)9-10-30-23(22)34(25(33)36)17-6-5-15(13-29)19(12-17)26(3,27)28/h5-12H,4H2,1-3H3,(H,31,32,35). The molecule has 0 fully saturated rings. The minimum absolute atomic E-state index is 0.113. The zero-order valence-electron chi connectivity index (χ0n) is 19.6. The number of hydrogen-bond acceptors (Lipinski definition) is 5. The number of pyridine rings is 1. The fourth-order valence-electron chi connectivity index (χ4n) is 4.35. The van der Waals surface area contributed by atoms with E-state index in [1.165, 1.54) is 12.1 Å². The summed E-state index contributed by atoms with van der Waals surface area (Å²) in [5.74, 6) is -2.63. The number of nitrogens with one attached hydrogen (secondary N) is 1. The first kappa shape index (κ1) is 23.5. The van der Waals surface area contributed by atoms with Crippen molar-refractivity contribution in [1.82, 2.24) is 24.1 Å². The van der Waals surface area contributed by atoms with Crippen LogP contribution in [0.2, 0.25) is 0 Å². The van der Waals surface area contributed by atoms with Crippen molar-refractivity contribution in [3.05, 3.63) is 86.3 Å². The van der Waals surface area contributed by atoms with Gasteiger partial charge in [0.15, 0.2) is 10.4 Å². The second-order valence-electron chi connectivity index (χ2n) is 8.55. The molecule has 0 aliphatic carbocycles. The lowest BCUT2D eigenvalue weighted by atomic mass is 10.0. The second-order valence-corrected chi connectivity index (χ2v) is 8.92. The molecule has 0 unspecified atom stereocenters. The van der Waals surface area contributed by atoms with Crippen LogP contribution < -0.4 is 5.56 Å². The molecule has 0 saturated heterocycles. The monoisotopic (exact) mass is 502 g/mol. The molecule has 3 heterocycles. The number of H-pyrrole nitrogens is 1. The molecule has 0 amide bonds. The molecule has 1 N–H and O–H groups in total. The maximum atomic E-state index is 14.3. The van der Waals surface area contributed by atoms with Crippen molar-refractivity contribution in [2.75, 3.05) is 0 Å². The molecular formula is C26H20F2N6OS. The van der Waals surface area contributed by atoms with Crippen molar-refractivity contribution in [2.45, 2.75) is 33.1 Å². The average Bonchev–Trinajstić information content (AvgIpc) is 3.15. The highest BCUT2D eigenvalue weighted by Crippen LogP contribution is 2.33. The van der Waals surface area contributed by atoms with E-state index < -0.39 is 11.5 Å². The van der Waals surface area contributed by atoms with Crippen LogP contribution in [0.15, 0.2) is 53.5 Å². The van der Waals surface area contributed by atoms with Gasteiger partial charge in [0.25, 0.3) is 11.5 Å². The molecule has 0 aliphatic heterocycles. The lowest BCUT2D eigenvalue weighted by Gasteiger charge is -2.14. The topological polar surface area (TPSA) is 92.3 Å². The first-order valence-electron chi connectivity index (χ1n) is 11.2. The maximum Gasteiger partial charge on any atom is 0.271 e. The summed E-state index contributed by atoms with van der Waals surface area (Å²) < 4.78 is 32.3. The lowest BCUT2D eigenvalue weighted by Crippen LogP contribution is -2.12. The van der Waals surface area contributed by atoms with Gasteiger partial charge in [-0.05, 0) is 67.2 Å². The zero-order valence-corrected chi connectivity index (χ0v) is 20.5. The molecule has 5 rings (SSSR count). The Balaban J connectivity index is 1.83. The Labute approximate surface area is 209 Å². The maximum absolute atomic E-state index is 14.3. The van der Waals surface area contributed by atoms with Gasteiger partial charge in [-0.15, -0.1) is 0 Å². The molecule has 0 saturated carbocycles. The smallest absolute Gasteiger partial charge is 0.271 e.